The number of nitrogens with zero attached hydrogens (tertiary/aromatic N) is 2. The van der Waals surface area contributed by atoms with Gasteiger partial charge in [-0.15, -0.1) is 11.3 Å². The predicted octanol–water partition coefficient (Wildman–Crippen LogP) is 2.14. The maximum atomic E-state index is 5.36. The van der Waals surface area contributed by atoms with Gasteiger partial charge in [0.25, 0.3) is 0 Å². The molecule has 0 saturated heterocycles. The van der Waals surface area contributed by atoms with Gasteiger partial charge in [-0.25, -0.2) is 9.97 Å². The molecule has 2 N–H and O–H groups in total. The Kier molecular flexibility index (Phi) is 4.56. The van der Waals surface area contributed by atoms with Gasteiger partial charge < -0.3 is 5.73 Å². The lowest BCUT2D eigenvalue weighted by Crippen LogP contribution is -1.93. The van der Waals surface area contributed by atoms with E-state index in [1.165, 1.54) is 4.88 Å². The highest BCUT2D eigenvalue weighted by molar-refractivity contribution is 7.98. The van der Waals surface area contributed by atoms with Crippen molar-refractivity contribution in [3.63, 3.8) is 0 Å². The van der Waals surface area contributed by atoms with Crippen LogP contribution in [-0.4, -0.2) is 16.5 Å². The maximum Gasteiger partial charge on any atom is 0.187 e. The van der Waals surface area contributed by atoms with E-state index in [0.717, 1.165) is 16.5 Å². The second kappa shape index (κ2) is 6.40. The summed E-state index contributed by atoms with van der Waals surface area (Å²) in [6.45, 7) is 0.393. The quantitative estimate of drug-likeness (QED) is 0.522. The normalized spacial score (nSPS) is 9.71. The molecule has 0 atom stereocenters. The van der Waals surface area contributed by atoms with Gasteiger partial charge in [-0.05, 0) is 17.5 Å². The number of hydrogen-bond donors (Lipinski definition) is 1. The van der Waals surface area contributed by atoms with Crippen LogP contribution in [0.2, 0.25) is 0 Å². The van der Waals surface area contributed by atoms with Crippen molar-refractivity contribution in [1.82, 2.24) is 9.97 Å². The summed E-state index contributed by atoms with van der Waals surface area (Å²) in [7, 11) is 0. The zero-order chi connectivity index (χ0) is 11.9. The second-order valence-corrected chi connectivity index (χ2v) is 5.03. The van der Waals surface area contributed by atoms with Crippen LogP contribution in [0.25, 0.3) is 0 Å². The number of thiophene rings is 1. The van der Waals surface area contributed by atoms with Gasteiger partial charge in [0.1, 0.15) is 0 Å². The van der Waals surface area contributed by atoms with Gasteiger partial charge in [0.05, 0.1) is 6.54 Å². The molecule has 2 aromatic rings. The molecule has 3 nitrogen and oxygen atoms in total. The molecule has 2 aromatic heterocycles. The Balaban J connectivity index is 2.02. The molecule has 0 bridgehead atoms. The molecule has 0 saturated carbocycles. The van der Waals surface area contributed by atoms with Gasteiger partial charge in [0, 0.05) is 28.6 Å². The van der Waals surface area contributed by atoms with Crippen molar-refractivity contribution >= 4 is 23.1 Å². The van der Waals surface area contributed by atoms with Crippen molar-refractivity contribution in [3.8, 4) is 11.8 Å². The molecule has 0 unspecified atom stereocenters. The molecule has 0 fully saturated rings. The zero-order valence-electron chi connectivity index (χ0n) is 9.09. The zero-order valence-corrected chi connectivity index (χ0v) is 10.7. The number of aromatic nitrogens is 2. The lowest BCUT2D eigenvalue weighted by molar-refractivity contribution is 0.967. The van der Waals surface area contributed by atoms with Crippen LogP contribution >= 0.6 is 23.1 Å². The smallest absolute Gasteiger partial charge is 0.187 e. The van der Waals surface area contributed by atoms with Crippen LogP contribution in [0.1, 0.15) is 10.4 Å². The molecule has 0 aromatic carbocycles. The average Bonchev–Trinajstić information content (AvgIpc) is 2.82. The van der Waals surface area contributed by atoms with E-state index in [-0.39, 0.29) is 0 Å². The van der Waals surface area contributed by atoms with Crippen LogP contribution in [0, 0.1) is 11.8 Å². The molecule has 0 amide bonds. The third-order valence-electron chi connectivity index (χ3n) is 1.94. The third-order valence-corrected chi connectivity index (χ3v) is 3.95. The van der Waals surface area contributed by atoms with Crippen molar-refractivity contribution in [2.45, 2.75) is 10.9 Å². The summed E-state index contributed by atoms with van der Waals surface area (Å²) in [5.74, 6) is 6.79. The number of hydrogen-bond acceptors (Lipinski definition) is 5. The fourth-order valence-corrected chi connectivity index (χ4v) is 2.95. The van der Waals surface area contributed by atoms with Gasteiger partial charge in [-0.2, -0.15) is 0 Å². The van der Waals surface area contributed by atoms with Gasteiger partial charge in [0.2, 0.25) is 0 Å². The van der Waals surface area contributed by atoms with Gasteiger partial charge in [-0.1, -0.05) is 23.6 Å². The Bertz CT molecular complexity index is 525. The molecule has 86 valence electrons. The van der Waals surface area contributed by atoms with Gasteiger partial charge in [-0.3, -0.25) is 0 Å². The SMILES string of the molecule is NCC#Cc1ccsc1CSc1ncccn1. The van der Waals surface area contributed by atoms with E-state index in [2.05, 4.69) is 21.8 Å². The first kappa shape index (κ1) is 12.1. The first-order chi connectivity index (χ1) is 8.40. The standard InChI is InChI=1S/C12H11N3S2/c13-5-1-3-10-4-8-16-11(10)9-17-12-14-6-2-7-15-12/h2,4,6-8H,5,9,13H2. The van der Waals surface area contributed by atoms with Crippen LogP contribution in [-0.2, 0) is 5.75 Å². The Morgan fingerprint density at radius 2 is 2.18 bits per heavy atom. The van der Waals surface area contributed by atoms with E-state index in [0.29, 0.717) is 6.54 Å². The highest BCUT2D eigenvalue weighted by Gasteiger charge is 2.04. The summed E-state index contributed by atoms with van der Waals surface area (Å²) in [5, 5.41) is 2.83. The largest absolute Gasteiger partial charge is 0.320 e. The highest BCUT2D eigenvalue weighted by Crippen LogP contribution is 2.24. The number of rotatable bonds is 3. The summed E-state index contributed by atoms with van der Waals surface area (Å²) in [4.78, 5) is 9.58. The van der Waals surface area contributed by atoms with Crippen molar-refractivity contribution in [2.24, 2.45) is 5.73 Å². The van der Waals surface area contributed by atoms with E-state index in [1.54, 1.807) is 35.5 Å². The molecule has 0 aliphatic rings. The fraction of sp³-hybridized carbons (Fsp3) is 0.167. The minimum atomic E-state index is 0.393. The lowest BCUT2D eigenvalue weighted by atomic mass is 10.3. The Morgan fingerprint density at radius 1 is 1.35 bits per heavy atom. The molecule has 2 rings (SSSR count). The highest BCUT2D eigenvalue weighted by atomic mass is 32.2. The monoisotopic (exact) mass is 261 g/mol. The van der Waals surface area contributed by atoms with Crippen molar-refractivity contribution in [1.29, 1.82) is 0 Å². The predicted molar refractivity (Wildman–Crippen MR) is 71.8 cm³/mol. The van der Waals surface area contributed by atoms with Crippen molar-refractivity contribution < 1.29 is 0 Å². The second-order valence-electron chi connectivity index (χ2n) is 3.08. The third kappa shape index (κ3) is 3.56. The fourth-order valence-electron chi connectivity index (χ4n) is 1.20. The molecule has 5 heteroatoms. The molecule has 0 aliphatic heterocycles. The van der Waals surface area contributed by atoms with Crippen molar-refractivity contribution in [3.05, 3.63) is 40.3 Å². The molecule has 0 aliphatic carbocycles. The minimum absolute atomic E-state index is 0.393. The van der Waals surface area contributed by atoms with E-state index in [1.807, 2.05) is 17.5 Å². The van der Waals surface area contributed by atoms with E-state index in [9.17, 15) is 0 Å². The molecule has 0 radical (unpaired) electrons. The minimum Gasteiger partial charge on any atom is -0.320 e. The average molecular weight is 261 g/mol. The molecule has 17 heavy (non-hydrogen) atoms. The van der Waals surface area contributed by atoms with Crippen LogP contribution < -0.4 is 5.73 Å². The van der Waals surface area contributed by atoms with E-state index >= 15 is 0 Å². The molecule has 2 heterocycles. The van der Waals surface area contributed by atoms with Crippen LogP contribution in [0.15, 0.2) is 35.1 Å². The maximum absolute atomic E-state index is 5.36. The Hall–Kier alpha value is -1.35. The van der Waals surface area contributed by atoms with E-state index in [4.69, 9.17) is 5.73 Å². The Morgan fingerprint density at radius 3 is 2.94 bits per heavy atom. The summed E-state index contributed by atoms with van der Waals surface area (Å²) in [5.41, 5.74) is 6.42. The topological polar surface area (TPSA) is 51.8 Å². The number of thioether (sulfide) groups is 1. The first-order valence-electron chi connectivity index (χ1n) is 5.05. The number of nitrogens with two attached hydrogens (primary N) is 1. The van der Waals surface area contributed by atoms with Gasteiger partial charge >= 0.3 is 0 Å². The molecular weight excluding hydrogens is 250 g/mol. The van der Waals surface area contributed by atoms with Crippen molar-refractivity contribution in [2.75, 3.05) is 6.54 Å². The first-order valence-corrected chi connectivity index (χ1v) is 6.92. The van der Waals surface area contributed by atoms with E-state index < -0.39 is 0 Å². The molecular formula is C12H11N3S2. The Labute approximate surface area is 108 Å². The summed E-state index contributed by atoms with van der Waals surface area (Å²) < 4.78 is 0. The lowest BCUT2D eigenvalue weighted by Gasteiger charge is -1.98. The summed E-state index contributed by atoms with van der Waals surface area (Å²) >= 11 is 3.31. The molecule has 0 spiro atoms. The van der Waals surface area contributed by atoms with Crippen LogP contribution in [0.4, 0.5) is 0 Å². The summed E-state index contributed by atoms with van der Waals surface area (Å²) in [6, 6.07) is 3.84. The van der Waals surface area contributed by atoms with Crippen LogP contribution in [0.5, 0.6) is 0 Å². The van der Waals surface area contributed by atoms with Crippen LogP contribution in [0.3, 0.4) is 0 Å². The summed E-state index contributed by atoms with van der Waals surface area (Å²) in [6.07, 6.45) is 3.50. The van der Waals surface area contributed by atoms with Gasteiger partial charge in [0.15, 0.2) is 5.16 Å².